The van der Waals surface area contributed by atoms with Crippen LogP contribution >= 0.6 is 0 Å². The van der Waals surface area contributed by atoms with Crippen molar-refractivity contribution in [1.82, 2.24) is 0 Å². The Morgan fingerprint density at radius 2 is 0.643 bits per heavy atom. The van der Waals surface area contributed by atoms with E-state index in [1.165, 1.54) is 33.4 Å². The van der Waals surface area contributed by atoms with E-state index in [1.807, 2.05) is 12.1 Å². The Bertz CT molecular complexity index is 961. The van der Waals surface area contributed by atoms with Crippen molar-refractivity contribution in [3.63, 3.8) is 0 Å². The molecule has 4 aromatic carbocycles. The van der Waals surface area contributed by atoms with Gasteiger partial charge < -0.3 is 0 Å². The average molecular weight is 358 g/mol. The molecule has 134 valence electrons. The third kappa shape index (κ3) is 4.55. The third-order valence-corrected chi connectivity index (χ3v) is 4.72. The Morgan fingerprint density at radius 1 is 0.321 bits per heavy atom. The summed E-state index contributed by atoms with van der Waals surface area (Å²) < 4.78 is 0. The maximum absolute atomic E-state index is 2.17. The molecule has 0 aliphatic rings. The molecule has 0 saturated heterocycles. The minimum atomic E-state index is 1.20. The van der Waals surface area contributed by atoms with Crippen LogP contribution < -0.4 is 0 Å². The first-order valence-corrected chi connectivity index (χ1v) is 9.54. The molecule has 4 rings (SSSR count). The molecule has 0 atom stereocenters. The van der Waals surface area contributed by atoms with Crippen LogP contribution in [0.3, 0.4) is 0 Å². The quantitative estimate of drug-likeness (QED) is 0.320. The number of allylic oxidation sites excluding steroid dienone is 2. The fourth-order valence-electron chi connectivity index (χ4n) is 3.17. The fraction of sp³-hybridized carbons (Fsp3) is 0. The average Bonchev–Trinajstić information content (AvgIpc) is 2.79. The lowest BCUT2D eigenvalue weighted by molar-refractivity contribution is 1.60. The van der Waals surface area contributed by atoms with Gasteiger partial charge >= 0.3 is 0 Å². The van der Waals surface area contributed by atoms with Gasteiger partial charge in [-0.15, -0.1) is 0 Å². The van der Waals surface area contributed by atoms with Gasteiger partial charge in [-0.05, 0) is 33.4 Å². The van der Waals surface area contributed by atoms with Crippen molar-refractivity contribution in [1.29, 1.82) is 0 Å². The first-order chi connectivity index (χ1) is 13.9. The first kappa shape index (κ1) is 17.8. The molecule has 0 spiro atoms. The van der Waals surface area contributed by atoms with Crippen molar-refractivity contribution in [2.24, 2.45) is 0 Å². The van der Waals surface area contributed by atoms with E-state index in [-0.39, 0.29) is 0 Å². The maximum atomic E-state index is 2.17. The highest BCUT2D eigenvalue weighted by molar-refractivity contribution is 5.67. The summed E-state index contributed by atoms with van der Waals surface area (Å²) in [4.78, 5) is 0. The Hall–Kier alpha value is -3.64. The summed E-state index contributed by atoms with van der Waals surface area (Å²) in [7, 11) is 0. The van der Waals surface area contributed by atoms with Gasteiger partial charge in [-0.1, -0.05) is 133 Å². The number of hydrogen-bond acceptors (Lipinski definition) is 0. The van der Waals surface area contributed by atoms with Crippen molar-refractivity contribution in [3.05, 3.63) is 132 Å². The highest BCUT2D eigenvalue weighted by Gasteiger charge is 1.96. The largest absolute Gasteiger partial charge is 0.0622 e. The summed E-state index contributed by atoms with van der Waals surface area (Å²) in [5, 5.41) is 0. The van der Waals surface area contributed by atoms with Crippen molar-refractivity contribution in [2.45, 2.75) is 0 Å². The van der Waals surface area contributed by atoms with Gasteiger partial charge in [0, 0.05) is 0 Å². The first-order valence-electron chi connectivity index (χ1n) is 9.54. The third-order valence-electron chi connectivity index (χ3n) is 4.72. The van der Waals surface area contributed by atoms with Crippen LogP contribution in [0.2, 0.25) is 0 Å². The molecular weight excluding hydrogens is 336 g/mol. The molecule has 0 aliphatic heterocycles. The van der Waals surface area contributed by atoms with E-state index in [0.29, 0.717) is 0 Å². The van der Waals surface area contributed by atoms with Crippen molar-refractivity contribution >= 4 is 12.2 Å². The maximum Gasteiger partial charge on any atom is -0.0184 e. The normalized spacial score (nSPS) is 11.3. The molecule has 0 N–H and O–H groups in total. The second kappa shape index (κ2) is 8.83. The molecule has 0 aromatic heterocycles. The summed E-state index contributed by atoms with van der Waals surface area (Å²) in [5.74, 6) is 0. The highest BCUT2D eigenvalue weighted by Crippen LogP contribution is 2.21. The van der Waals surface area contributed by atoms with Crippen LogP contribution in [0.5, 0.6) is 0 Å². The smallest absolute Gasteiger partial charge is 0.0184 e. The summed E-state index contributed by atoms with van der Waals surface area (Å²) in [6.45, 7) is 0. The lowest BCUT2D eigenvalue weighted by Gasteiger charge is -2.02. The van der Waals surface area contributed by atoms with E-state index in [2.05, 4.69) is 121 Å². The molecule has 0 saturated carbocycles. The summed E-state index contributed by atoms with van der Waals surface area (Å²) in [6, 6.07) is 38.2. The Kier molecular flexibility index (Phi) is 5.60. The van der Waals surface area contributed by atoms with Crippen molar-refractivity contribution < 1.29 is 0 Å². The van der Waals surface area contributed by atoms with Crippen molar-refractivity contribution in [3.8, 4) is 22.3 Å². The lowest BCUT2D eigenvalue weighted by atomic mass is 10.0. The van der Waals surface area contributed by atoms with Gasteiger partial charge in [-0.2, -0.15) is 0 Å². The van der Waals surface area contributed by atoms with Crippen LogP contribution in [-0.2, 0) is 0 Å². The molecule has 0 radical (unpaired) electrons. The number of hydrogen-bond donors (Lipinski definition) is 0. The molecule has 0 nitrogen and oxygen atoms in total. The number of rotatable bonds is 5. The molecule has 0 bridgehead atoms. The predicted molar refractivity (Wildman–Crippen MR) is 122 cm³/mol. The summed E-state index contributed by atoms with van der Waals surface area (Å²) in [5.41, 5.74) is 7.37. The van der Waals surface area contributed by atoms with Gasteiger partial charge in [-0.3, -0.25) is 0 Å². The SMILES string of the molecule is C(=C/c1ccc(-c2ccccc2)cc1)/C=C/c1ccc(-c2ccccc2)cc1. The molecule has 28 heavy (non-hydrogen) atoms. The molecule has 0 fully saturated rings. The van der Waals surface area contributed by atoms with Gasteiger partial charge in [-0.25, -0.2) is 0 Å². The zero-order valence-corrected chi connectivity index (χ0v) is 15.7. The van der Waals surface area contributed by atoms with Crippen LogP contribution in [0.4, 0.5) is 0 Å². The molecule has 0 heterocycles. The molecule has 0 aliphatic carbocycles. The minimum absolute atomic E-state index is 1.20. The van der Waals surface area contributed by atoms with E-state index in [4.69, 9.17) is 0 Å². The monoisotopic (exact) mass is 358 g/mol. The highest BCUT2D eigenvalue weighted by atomic mass is 14.0. The molecule has 0 amide bonds. The van der Waals surface area contributed by atoms with E-state index in [1.54, 1.807) is 0 Å². The van der Waals surface area contributed by atoms with Crippen LogP contribution in [0, 0.1) is 0 Å². The van der Waals surface area contributed by atoms with E-state index in [0.717, 1.165) is 0 Å². The molecular formula is C28H22. The van der Waals surface area contributed by atoms with Crippen LogP contribution in [0.15, 0.2) is 121 Å². The molecule has 0 unspecified atom stereocenters. The van der Waals surface area contributed by atoms with E-state index in [9.17, 15) is 0 Å². The molecule has 0 heteroatoms. The lowest BCUT2D eigenvalue weighted by Crippen LogP contribution is -1.78. The van der Waals surface area contributed by atoms with Crippen LogP contribution in [0.25, 0.3) is 34.4 Å². The van der Waals surface area contributed by atoms with E-state index >= 15 is 0 Å². The minimum Gasteiger partial charge on any atom is -0.0622 e. The Balaban J connectivity index is 1.38. The Morgan fingerprint density at radius 3 is 1.00 bits per heavy atom. The summed E-state index contributed by atoms with van der Waals surface area (Å²) in [6.07, 6.45) is 8.43. The zero-order valence-electron chi connectivity index (χ0n) is 15.7. The van der Waals surface area contributed by atoms with Crippen LogP contribution in [-0.4, -0.2) is 0 Å². The standard InChI is InChI=1S/C28H22/c1-3-11-25(12-4-1)27-19-15-23(16-20-27)9-7-8-10-24-17-21-28(22-18-24)26-13-5-2-6-14-26/h1-22H/b9-7-,10-8+. The van der Waals surface area contributed by atoms with Gasteiger partial charge in [0.05, 0.1) is 0 Å². The van der Waals surface area contributed by atoms with Gasteiger partial charge in [0.2, 0.25) is 0 Å². The summed E-state index contributed by atoms with van der Waals surface area (Å²) >= 11 is 0. The van der Waals surface area contributed by atoms with Gasteiger partial charge in [0.15, 0.2) is 0 Å². The van der Waals surface area contributed by atoms with Crippen molar-refractivity contribution in [2.75, 3.05) is 0 Å². The topological polar surface area (TPSA) is 0 Å². The molecule has 4 aromatic rings. The zero-order chi connectivity index (χ0) is 19.0. The van der Waals surface area contributed by atoms with Gasteiger partial charge in [0.25, 0.3) is 0 Å². The Labute approximate surface area is 167 Å². The number of benzene rings is 4. The van der Waals surface area contributed by atoms with Crippen LogP contribution in [0.1, 0.15) is 11.1 Å². The predicted octanol–water partition coefficient (Wildman–Crippen LogP) is 7.75. The van der Waals surface area contributed by atoms with Gasteiger partial charge in [0.1, 0.15) is 0 Å². The second-order valence-electron chi connectivity index (χ2n) is 6.69. The fourth-order valence-corrected chi connectivity index (χ4v) is 3.17. The second-order valence-corrected chi connectivity index (χ2v) is 6.69. The van der Waals surface area contributed by atoms with E-state index < -0.39 is 0 Å².